The van der Waals surface area contributed by atoms with E-state index in [2.05, 4.69) is 17.5 Å². The van der Waals surface area contributed by atoms with Crippen LogP contribution in [0.5, 0.6) is 0 Å². The summed E-state index contributed by atoms with van der Waals surface area (Å²) >= 11 is 4.61. The maximum absolute atomic E-state index is 10.9. The van der Waals surface area contributed by atoms with E-state index in [0.717, 1.165) is 0 Å². The van der Waals surface area contributed by atoms with Gasteiger partial charge >= 0.3 is 0 Å². The van der Waals surface area contributed by atoms with Gasteiger partial charge in [0, 0.05) is 5.69 Å². The van der Waals surface area contributed by atoms with E-state index in [1.165, 1.54) is 24.3 Å². The molecule has 5 N–H and O–H groups in total. The van der Waals surface area contributed by atoms with E-state index < -0.39 is 10.0 Å². The Bertz CT molecular complexity index is 439. The summed E-state index contributed by atoms with van der Waals surface area (Å²) in [7, 11) is -3.64. The Hall–Kier alpha value is -1.18. The first-order chi connectivity index (χ1) is 6.39. The second-order valence-electron chi connectivity index (χ2n) is 2.56. The van der Waals surface area contributed by atoms with Crippen LogP contribution < -0.4 is 16.2 Å². The molecule has 0 aromatic heterocycles. The highest BCUT2D eigenvalue weighted by molar-refractivity contribution is 7.89. The lowest BCUT2D eigenvalue weighted by atomic mass is 10.3. The smallest absolute Gasteiger partial charge is 0.238 e. The zero-order valence-corrected chi connectivity index (χ0v) is 8.73. The molecule has 0 unspecified atom stereocenters. The van der Waals surface area contributed by atoms with Crippen LogP contribution in [-0.2, 0) is 10.0 Å². The fourth-order valence-corrected chi connectivity index (χ4v) is 1.50. The molecular weight excluding hydrogens is 222 g/mol. The van der Waals surface area contributed by atoms with Crippen LogP contribution in [0.25, 0.3) is 0 Å². The minimum absolute atomic E-state index is 0.0472. The van der Waals surface area contributed by atoms with E-state index >= 15 is 0 Å². The molecule has 0 saturated heterocycles. The van der Waals surface area contributed by atoms with Crippen molar-refractivity contribution in [2.75, 3.05) is 5.32 Å². The van der Waals surface area contributed by atoms with Crippen molar-refractivity contribution in [3.63, 3.8) is 0 Å². The number of hydrogen-bond donors (Lipinski definition) is 3. The normalized spacial score (nSPS) is 10.9. The number of primary sulfonamides is 1. The predicted molar refractivity (Wildman–Crippen MR) is 58.2 cm³/mol. The highest BCUT2D eigenvalue weighted by atomic mass is 32.2. The fraction of sp³-hybridized carbons (Fsp3) is 0. The van der Waals surface area contributed by atoms with Crippen molar-refractivity contribution >= 4 is 33.0 Å². The Morgan fingerprint density at radius 2 is 1.79 bits per heavy atom. The maximum atomic E-state index is 10.9. The lowest BCUT2D eigenvalue weighted by molar-refractivity contribution is 0.598. The van der Waals surface area contributed by atoms with E-state index in [4.69, 9.17) is 10.9 Å². The van der Waals surface area contributed by atoms with Crippen molar-refractivity contribution in [2.45, 2.75) is 4.90 Å². The molecule has 0 radical (unpaired) electrons. The topological polar surface area (TPSA) is 98.2 Å². The lowest BCUT2D eigenvalue weighted by Gasteiger charge is -2.03. The van der Waals surface area contributed by atoms with Gasteiger partial charge in [0.1, 0.15) is 0 Å². The van der Waals surface area contributed by atoms with E-state index in [1.54, 1.807) is 0 Å². The predicted octanol–water partition coefficient (Wildman–Crippen LogP) is -0.0105. The van der Waals surface area contributed by atoms with Gasteiger partial charge in [0.15, 0.2) is 5.11 Å². The van der Waals surface area contributed by atoms with Crippen LogP contribution in [-0.4, -0.2) is 13.5 Å². The Morgan fingerprint density at radius 1 is 1.29 bits per heavy atom. The van der Waals surface area contributed by atoms with Gasteiger partial charge in [-0.1, -0.05) is 0 Å². The van der Waals surface area contributed by atoms with Crippen molar-refractivity contribution in [1.82, 2.24) is 0 Å². The van der Waals surface area contributed by atoms with Crippen molar-refractivity contribution in [3.05, 3.63) is 24.3 Å². The SMILES string of the molecule is NC(=S)Nc1ccc(S(N)(=O)=O)cc1. The molecule has 14 heavy (non-hydrogen) atoms. The zero-order chi connectivity index (χ0) is 10.8. The zero-order valence-electron chi connectivity index (χ0n) is 7.10. The molecule has 1 aromatic carbocycles. The summed E-state index contributed by atoms with van der Waals surface area (Å²) in [5, 5.41) is 7.69. The minimum Gasteiger partial charge on any atom is -0.376 e. The first kappa shape index (κ1) is 10.9. The molecule has 0 aliphatic carbocycles. The van der Waals surface area contributed by atoms with E-state index in [-0.39, 0.29) is 10.0 Å². The lowest BCUT2D eigenvalue weighted by Crippen LogP contribution is -2.19. The van der Waals surface area contributed by atoms with Crippen LogP contribution in [0, 0.1) is 0 Å². The van der Waals surface area contributed by atoms with Gasteiger partial charge in [0.25, 0.3) is 0 Å². The first-order valence-corrected chi connectivity index (χ1v) is 5.54. The average molecular weight is 231 g/mol. The Morgan fingerprint density at radius 3 is 2.14 bits per heavy atom. The number of hydrogen-bond acceptors (Lipinski definition) is 3. The molecule has 0 bridgehead atoms. The second kappa shape index (κ2) is 3.91. The number of rotatable bonds is 2. The summed E-state index contributed by atoms with van der Waals surface area (Å²) < 4.78 is 21.7. The van der Waals surface area contributed by atoms with Crippen LogP contribution in [0.3, 0.4) is 0 Å². The standard InChI is InChI=1S/C7H9N3O2S2/c8-7(13)10-5-1-3-6(4-2-5)14(9,11)12/h1-4H,(H3,8,10,13)(H2,9,11,12). The molecule has 76 valence electrons. The van der Waals surface area contributed by atoms with Crippen molar-refractivity contribution in [3.8, 4) is 0 Å². The Labute approximate surface area is 87.1 Å². The molecular formula is C7H9N3O2S2. The van der Waals surface area contributed by atoms with Crippen LogP contribution in [0.4, 0.5) is 5.69 Å². The van der Waals surface area contributed by atoms with Gasteiger partial charge in [-0.3, -0.25) is 0 Å². The van der Waals surface area contributed by atoms with Crippen molar-refractivity contribution in [1.29, 1.82) is 0 Å². The molecule has 0 aliphatic heterocycles. The van der Waals surface area contributed by atoms with Crippen LogP contribution in [0.2, 0.25) is 0 Å². The van der Waals surface area contributed by atoms with E-state index in [0.29, 0.717) is 5.69 Å². The number of nitrogens with two attached hydrogens (primary N) is 2. The fourth-order valence-electron chi connectivity index (χ4n) is 0.870. The molecule has 0 aliphatic rings. The Balaban J connectivity index is 2.95. The van der Waals surface area contributed by atoms with E-state index in [1.807, 2.05) is 0 Å². The summed E-state index contributed by atoms with van der Waals surface area (Å²) in [5.74, 6) is 0. The second-order valence-corrected chi connectivity index (χ2v) is 4.56. The van der Waals surface area contributed by atoms with Gasteiger partial charge in [-0.05, 0) is 36.5 Å². The van der Waals surface area contributed by atoms with E-state index in [9.17, 15) is 8.42 Å². The largest absolute Gasteiger partial charge is 0.376 e. The third-order valence-electron chi connectivity index (χ3n) is 1.45. The summed E-state index contributed by atoms with van der Waals surface area (Å²) in [6, 6.07) is 5.80. The van der Waals surface area contributed by atoms with Crippen molar-refractivity contribution < 1.29 is 8.42 Å². The monoisotopic (exact) mass is 231 g/mol. The minimum atomic E-state index is -3.64. The molecule has 0 heterocycles. The third-order valence-corrected chi connectivity index (χ3v) is 2.48. The average Bonchev–Trinajstić information content (AvgIpc) is 2.02. The molecule has 1 rings (SSSR count). The summed E-state index contributed by atoms with van der Waals surface area (Å²) in [6.45, 7) is 0. The number of benzene rings is 1. The van der Waals surface area contributed by atoms with Gasteiger partial charge in [-0.25, -0.2) is 13.6 Å². The molecule has 5 nitrogen and oxygen atoms in total. The van der Waals surface area contributed by atoms with Crippen LogP contribution in [0.15, 0.2) is 29.2 Å². The van der Waals surface area contributed by atoms with Gasteiger partial charge in [-0.15, -0.1) is 0 Å². The van der Waals surface area contributed by atoms with Gasteiger partial charge in [-0.2, -0.15) is 0 Å². The molecule has 1 aromatic rings. The molecule has 0 atom stereocenters. The molecule has 0 saturated carbocycles. The number of nitrogens with one attached hydrogen (secondary N) is 1. The first-order valence-electron chi connectivity index (χ1n) is 3.59. The number of anilines is 1. The van der Waals surface area contributed by atoms with Crippen LogP contribution >= 0.6 is 12.2 Å². The highest BCUT2D eigenvalue weighted by Crippen LogP contribution is 2.12. The highest BCUT2D eigenvalue weighted by Gasteiger charge is 2.06. The summed E-state index contributed by atoms with van der Waals surface area (Å²) in [5.41, 5.74) is 5.84. The molecule has 0 fully saturated rings. The number of thiocarbonyl (C=S) groups is 1. The molecule has 0 amide bonds. The van der Waals surface area contributed by atoms with Gasteiger partial charge in [0.05, 0.1) is 4.90 Å². The number of sulfonamides is 1. The van der Waals surface area contributed by atoms with Gasteiger partial charge in [0.2, 0.25) is 10.0 Å². The summed E-state index contributed by atoms with van der Waals surface area (Å²) in [4.78, 5) is 0.0472. The van der Waals surface area contributed by atoms with Crippen LogP contribution in [0.1, 0.15) is 0 Å². The molecule has 0 spiro atoms. The van der Waals surface area contributed by atoms with Crippen molar-refractivity contribution in [2.24, 2.45) is 10.9 Å². The summed E-state index contributed by atoms with van der Waals surface area (Å²) in [6.07, 6.45) is 0. The Kier molecular flexibility index (Phi) is 3.04. The quantitative estimate of drug-likeness (QED) is 0.622. The van der Waals surface area contributed by atoms with Gasteiger partial charge < -0.3 is 11.1 Å². The molecule has 7 heteroatoms. The maximum Gasteiger partial charge on any atom is 0.238 e. The third kappa shape index (κ3) is 2.95.